The average molecular weight is 1550 g/mol. The molecule has 0 spiro atoms. The van der Waals surface area contributed by atoms with Gasteiger partial charge < -0.3 is 34.2 Å². The SMILES string of the molecule is CCCCC/C=C\C/C=C\C/C=C\C/C=C\CCCCCCCCCCCCCCCC(=O)OCC(O)COP(=O)(O)OCC(O)COP(=O)(O)OCC(COC(=O)CCCCCCCCCCCCC/C=C\C/C=C\C/C=C\C/C=C\CCCCC)OC(=O)CCCCCCC/C=C\CCCCCCCC. The lowest BCUT2D eigenvalue weighted by Crippen LogP contribution is -2.30. The summed E-state index contributed by atoms with van der Waals surface area (Å²) in [5.41, 5.74) is 0. The molecule has 0 aromatic carbocycles. The van der Waals surface area contributed by atoms with Crippen molar-refractivity contribution in [3.05, 3.63) is 109 Å². The molecule has 18 heteroatoms. The minimum Gasteiger partial charge on any atom is -0.463 e. The molecule has 0 saturated heterocycles. The van der Waals surface area contributed by atoms with Crippen LogP contribution in [-0.2, 0) is 55.8 Å². The number of aliphatic hydroxyl groups is 2. The van der Waals surface area contributed by atoms with Gasteiger partial charge in [-0.1, -0.05) is 336 Å². The van der Waals surface area contributed by atoms with Gasteiger partial charge in [0, 0.05) is 19.3 Å². The van der Waals surface area contributed by atoms with Crippen molar-refractivity contribution in [3.8, 4) is 0 Å². The Bertz CT molecular complexity index is 2380. The van der Waals surface area contributed by atoms with E-state index in [1.165, 1.54) is 186 Å². The van der Waals surface area contributed by atoms with Gasteiger partial charge in [-0.2, -0.15) is 0 Å². The van der Waals surface area contributed by atoms with Gasteiger partial charge in [-0.15, -0.1) is 0 Å². The summed E-state index contributed by atoms with van der Waals surface area (Å²) in [6, 6.07) is 0. The van der Waals surface area contributed by atoms with E-state index in [1.807, 2.05) is 0 Å². The number of rotatable bonds is 82. The van der Waals surface area contributed by atoms with Gasteiger partial charge in [0.2, 0.25) is 0 Å². The molecule has 620 valence electrons. The van der Waals surface area contributed by atoms with Gasteiger partial charge in [0.1, 0.15) is 25.4 Å². The summed E-state index contributed by atoms with van der Waals surface area (Å²) in [7, 11) is -9.79. The average Bonchev–Trinajstić information content (AvgIpc) is 0.914. The van der Waals surface area contributed by atoms with Crippen LogP contribution in [0.2, 0.25) is 0 Å². The number of ether oxygens (including phenoxy) is 3. The zero-order valence-electron chi connectivity index (χ0n) is 68.0. The third-order valence-electron chi connectivity index (χ3n) is 18.4. The molecule has 0 aliphatic rings. The number of hydrogen-bond donors (Lipinski definition) is 4. The zero-order valence-corrected chi connectivity index (χ0v) is 69.8. The Balaban J connectivity index is 4.52. The maximum Gasteiger partial charge on any atom is 0.472 e. The summed E-state index contributed by atoms with van der Waals surface area (Å²) in [6.07, 6.45) is 97.0. The molecule has 0 heterocycles. The van der Waals surface area contributed by atoms with Crippen LogP contribution in [0.4, 0.5) is 0 Å². The Labute approximate surface area is 653 Å². The quantitative estimate of drug-likeness (QED) is 0.0146. The fourth-order valence-corrected chi connectivity index (χ4v) is 13.4. The second-order valence-corrected chi connectivity index (χ2v) is 31.9. The molecule has 0 fully saturated rings. The summed E-state index contributed by atoms with van der Waals surface area (Å²) < 4.78 is 61.3. The highest BCUT2D eigenvalue weighted by atomic mass is 31.2. The maximum atomic E-state index is 13.0. The monoisotopic (exact) mass is 1550 g/mol. The van der Waals surface area contributed by atoms with Crippen LogP contribution in [0.1, 0.15) is 380 Å². The predicted octanol–water partition coefficient (Wildman–Crippen LogP) is 25.9. The van der Waals surface area contributed by atoms with Crippen molar-refractivity contribution in [1.29, 1.82) is 0 Å². The molecule has 107 heavy (non-hydrogen) atoms. The molecule has 0 radical (unpaired) electrons. The molecule has 4 N–H and O–H groups in total. The Morgan fingerprint density at radius 1 is 0.262 bits per heavy atom. The van der Waals surface area contributed by atoms with Crippen LogP contribution in [0, 0.1) is 0 Å². The van der Waals surface area contributed by atoms with Crippen LogP contribution in [-0.4, -0.2) is 95.9 Å². The lowest BCUT2D eigenvalue weighted by atomic mass is 10.0. The van der Waals surface area contributed by atoms with Gasteiger partial charge in [-0.25, -0.2) is 9.13 Å². The van der Waals surface area contributed by atoms with Gasteiger partial charge >= 0.3 is 33.6 Å². The van der Waals surface area contributed by atoms with Crippen molar-refractivity contribution in [2.75, 3.05) is 39.6 Å². The van der Waals surface area contributed by atoms with E-state index >= 15 is 0 Å². The summed E-state index contributed by atoms with van der Waals surface area (Å²) in [6.45, 7) is 2.66. The zero-order chi connectivity index (χ0) is 78.0. The first-order valence-corrected chi connectivity index (χ1v) is 46.2. The van der Waals surface area contributed by atoms with E-state index < -0.39 is 91.5 Å². The third kappa shape index (κ3) is 83.0. The van der Waals surface area contributed by atoms with Gasteiger partial charge in [0.25, 0.3) is 0 Å². The molecule has 0 aromatic rings. The van der Waals surface area contributed by atoms with Crippen molar-refractivity contribution < 1.29 is 75.8 Å². The Kier molecular flexibility index (Phi) is 78.8. The second kappa shape index (κ2) is 81.7. The summed E-state index contributed by atoms with van der Waals surface area (Å²) in [5, 5.41) is 20.7. The molecular weight excluding hydrogens is 1390 g/mol. The highest BCUT2D eigenvalue weighted by Crippen LogP contribution is 2.45. The summed E-state index contributed by atoms with van der Waals surface area (Å²) >= 11 is 0. The van der Waals surface area contributed by atoms with Crippen LogP contribution in [0.25, 0.3) is 0 Å². The summed E-state index contributed by atoms with van der Waals surface area (Å²) in [4.78, 5) is 58.8. The number of hydrogen-bond acceptors (Lipinski definition) is 14. The van der Waals surface area contributed by atoms with Crippen molar-refractivity contribution in [1.82, 2.24) is 0 Å². The molecule has 0 amide bonds. The minimum absolute atomic E-state index is 0.0947. The van der Waals surface area contributed by atoms with E-state index in [0.29, 0.717) is 19.3 Å². The number of unbranched alkanes of at least 4 members (excludes halogenated alkanes) is 41. The van der Waals surface area contributed by atoms with Crippen LogP contribution >= 0.6 is 15.6 Å². The number of carbonyl (C=O) groups excluding carboxylic acids is 3. The molecule has 0 aromatic heterocycles. The van der Waals surface area contributed by atoms with E-state index in [1.54, 1.807) is 0 Å². The first-order chi connectivity index (χ1) is 52.2. The molecule has 5 unspecified atom stereocenters. The molecule has 0 aliphatic carbocycles. The standard InChI is InChI=1S/C89H158O16P2/c1-4-7-10-13-16-19-22-25-28-30-32-34-36-38-40-41-43-45-46-48-50-52-55-57-60-63-66-69-72-75-87(92)99-78-84(90)79-101-106(95,96)102-80-85(91)81-103-107(97,98)104-83-86(105-89(94)77-74-71-68-65-62-59-54-27-24-21-18-15-12-9-6-3)82-100-88(93)76-73-70-67-64-61-58-56-53-51-49-47-44-42-39-37-35-33-31-29-26-23-20-17-14-11-8-5-2/h16-17,19-20,25-29,32-35,38-40,42,54,84-86,90-91H,4-15,18,21-24,30-31,36-37,41,43-53,55-83H2,1-3H3,(H,95,96)(H,97,98)/b19-16-,20-17-,28-25-,29-26-,34-32-,35-33-,40-38-,42-39-,54-27-. The van der Waals surface area contributed by atoms with Crippen molar-refractivity contribution >= 4 is 33.6 Å². The van der Waals surface area contributed by atoms with Crippen LogP contribution in [0.3, 0.4) is 0 Å². The number of esters is 3. The van der Waals surface area contributed by atoms with E-state index in [9.17, 15) is 43.5 Å². The van der Waals surface area contributed by atoms with Crippen molar-refractivity contribution in [3.63, 3.8) is 0 Å². The molecule has 0 bridgehead atoms. The fourth-order valence-electron chi connectivity index (χ4n) is 11.8. The third-order valence-corrected chi connectivity index (χ3v) is 20.3. The van der Waals surface area contributed by atoms with Gasteiger partial charge in [0.15, 0.2) is 6.10 Å². The van der Waals surface area contributed by atoms with Crippen LogP contribution in [0.5, 0.6) is 0 Å². The summed E-state index contributed by atoms with van der Waals surface area (Å²) in [5.74, 6) is -1.57. The van der Waals surface area contributed by atoms with Gasteiger partial charge in [-0.05, 0) is 135 Å². The highest BCUT2D eigenvalue weighted by Gasteiger charge is 2.29. The maximum absolute atomic E-state index is 13.0. The first kappa shape index (κ1) is 103. The number of carbonyl (C=O) groups is 3. The number of allylic oxidation sites excluding steroid dienone is 18. The van der Waals surface area contributed by atoms with E-state index in [-0.39, 0.29) is 19.3 Å². The molecule has 16 nitrogen and oxygen atoms in total. The molecule has 0 aliphatic heterocycles. The van der Waals surface area contributed by atoms with Crippen LogP contribution in [0.15, 0.2) is 109 Å². The van der Waals surface area contributed by atoms with Gasteiger partial charge in [0.05, 0.1) is 26.4 Å². The topological polar surface area (TPSA) is 231 Å². The van der Waals surface area contributed by atoms with E-state index in [2.05, 4.69) is 130 Å². The number of phosphoric ester groups is 2. The number of aliphatic hydroxyl groups excluding tert-OH is 2. The largest absolute Gasteiger partial charge is 0.472 e. The molecule has 0 saturated carbocycles. The smallest absolute Gasteiger partial charge is 0.463 e. The molecule has 5 atom stereocenters. The molecular formula is C89H158O16P2. The normalized spacial score (nSPS) is 14.4. The lowest BCUT2D eigenvalue weighted by Gasteiger charge is -2.21. The van der Waals surface area contributed by atoms with Gasteiger partial charge in [-0.3, -0.25) is 32.5 Å². The first-order valence-electron chi connectivity index (χ1n) is 43.2. The second-order valence-electron chi connectivity index (χ2n) is 29.0. The Morgan fingerprint density at radius 3 is 0.766 bits per heavy atom. The van der Waals surface area contributed by atoms with Crippen LogP contribution < -0.4 is 0 Å². The minimum atomic E-state index is -4.94. The fraction of sp³-hybridized carbons (Fsp3) is 0.764. The number of phosphoric acid groups is 2. The Hall–Kier alpha value is -3.79. The highest BCUT2D eigenvalue weighted by molar-refractivity contribution is 7.47. The van der Waals surface area contributed by atoms with E-state index in [0.717, 1.165) is 135 Å². The lowest BCUT2D eigenvalue weighted by molar-refractivity contribution is -0.161. The van der Waals surface area contributed by atoms with Crippen molar-refractivity contribution in [2.24, 2.45) is 0 Å². The Morgan fingerprint density at radius 2 is 0.467 bits per heavy atom. The predicted molar refractivity (Wildman–Crippen MR) is 445 cm³/mol. The van der Waals surface area contributed by atoms with E-state index in [4.69, 9.17) is 32.3 Å². The van der Waals surface area contributed by atoms with Crippen molar-refractivity contribution in [2.45, 2.75) is 399 Å². The molecule has 0 rings (SSSR count).